The second kappa shape index (κ2) is 2.92. The Morgan fingerprint density at radius 2 is 1.55 bits per heavy atom. The van der Waals surface area contributed by atoms with E-state index in [-0.39, 0.29) is 0 Å². The molecule has 2 N–H and O–H groups in total. The third kappa shape index (κ3) is 3.00. The molecule has 0 amide bonds. The van der Waals surface area contributed by atoms with Crippen molar-refractivity contribution in [3.8, 4) is 0 Å². The fourth-order valence-corrected chi connectivity index (χ4v) is 0.520. The lowest BCUT2D eigenvalue weighted by molar-refractivity contribution is -0.285. The Labute approximate surface area is 60.4 Å². The van der Waals surface area contributed by atoms with Gasteiger partial charge in [0.1, 0.15) is 0 Å². The Balaban J connectivity index is 4.22. The van der Waals surface area contributed by atoms with Crippen LogP contribution in [-0.2, 0) is 0 Å². The number of halogens is 5. The van der Waals surface area contributed by atoms with Crippen LogP contribution in [0.15, 0.2) is 0 Å². The van der Waals surface area contributed by atoms with E-state index < -0.39 is 24.6 Å². The summed E-state index contributed by atoms with van der Waals surface area (Å²) in [7, 11) is 0. The van der Waals surface area contributed by atoms with Gasteiger partial charge in [-0.25, -0.2) is 0 Å². The summed E-state index contributed by atoms with van der Waals surface area (Å²) in [5, 5.41) is 0. The summed E-state index contributed by atoms with van der Waals surface area (Å²) >= 11 is 0. The smallest absolute Gasteiger partial charge is 0.328 e. The maximum absolute atomic E-state index is 12.0. The zero-order valence-electron chi connectivity index (χ0n) is 5.75. The summed E-state index contributed by atoms with van der Waals surface area (Å²) < 4.78 is 58.1. The Bertz CT molecular complexity index is 127. The number of nitrogens with two attached hydrogens (primary N) is 1. The van der Waals surface area contributed by atoms with E-state index in [4.69, 9.17) is 5.73 Å². The first kappa shape index (κ1) is 10.6. The second-order valence-electron chi connectivity index (χ2n) is 2.38. The van der Waals surface area contributed by atoms with Gasteiger partial charge in [-0.1, -0.05) is 0 Å². The third-order valence-corrected chi connectivity index (χ3v) is 0.993. The van der Waals surface area contributed by atoms with Crippen molar-refractivity contribution >= 4 is 0 Å². The van der Waals surface area contributed by atoms with E-state index in [1.165, 1.54) is 0 Å². The van der Waals surface area contributed by atoms with E-state index >= 15 is 0 Å². The minimum Gasteiger partial charge on any atom is -0.328 e. The average molecular weight is 177 g/mol. The lowest BCUT2D eigenvalue weighted by Crippen LogP contribution is -2.40. The van der Waals surface area contributed by atoms with Gasteiger partial charge in [-0.15, -0.1) is 0 Å². The highest BCUT2D eigenvalue weighted by Gasteiger charge is 2.57. The molecule has 0 fully saturated rings. The molecule has 1 nitrogen and oxygen atoms in total. The van der Waals surface area contributed by atoms with Gasteiger partial charge in [0.2, 0.25) is 0 Å². The molecule has 6 heteroatoms. The number of hydrogen-bond acceptors (Lipinski definition) is 1. The highest BCUT2D eigenvalue weighted by Crippen LogP contribution is 2.38. The predicted octanol–water partition coefficient (Wildman–Crippen LogP) is 1.92. The first-order chi connectivity index (χ1) is 4.67. The van der Waals surface area contributed by atoms with Crippen molar-refractivity contribution in [1.82, 2.24) is 0 Å². The van der Waals surface area contributed by atoms with E-state index in [1.54, 1.807) is 0 Å². The number of alkyl halides is 5. The quantitative estimate of drug-likeness (QED) is 0.640. The van der Waals surface area contributed by atoms with Crippen LogP contribution in [0.25, 0.3) is 0 Å². The summed E-state index contributed by atoms with van der Waals surface area (Å²) in [6.45, 7) is 1.10. The summed E-state index contributed by atoms with van der Waals surface area (Å²) in [6.07, 6.45) is -6.85. The molecule has 0 heterocycles. The first-order valence-electron chi connectivity index (χ1n) is 2.87. The molecule has 68 valence electrons. The molecular formula is C5H8F5N. The normalized spacial score (nSPS) is 16.6. The molecule has 0 saturated carbocycles. The number of hydrogen-bond donors (Lipinski definition) is 1. The van der Waals surface area contributed by atoms with Crippen molar-refractivity contribution in [3.05, 3.63) is 0 Å². The van der Waals surface area contributed by atoms with Gasteiger partial charge in [0.05, 0.1) is 0 Å². The monoisotopic (exact) mass is 177 g/mol. The van der Waals surface area contributed by atoms with Gasteiger partial charge in [0.25, 0.3) is 0 Å². The fourth-order valence-electron chi connectivity index (χ4n) is 0.520. The zero-order valence-corrected chi connectivity index (χ0v) is 5.75. The van der Waals surface area contributed by atoms with E-state index in [9.17, 15) is 22.0 Å². The largest absolute Gasteiger partial charge is 0.453 e. The molecule has 0 aliphatic rings. The van der Waals surface area contributed by atoms with E-state index in [1.807, 2.05) is 0 Å². The van der Waals surface area contributed by atoms with Gasteiger partial charge in [-0.3, -0.25) is 0 Å². The third-order valence-electron chi connectivity index (χ3n) is 0.993. The van der Waals surface area contributed by atoms with Crippen molar-refractivity contribution in [2.24, 2.45) is 5.73 Å². The highest BCUT2D eigenvalue weighted by atomic mass is 19.4. The molecule has 0 bridgehead atoms. The number of rotatable bonds is 2. The van der Waals surface area contributed by atoms with Gasteiger partial charge in [0.15, 0.2) is 0 Å². The van der Waals surface area contributed by atoms with Gasteiger partial charge < -0.3 is 5.73 Å². The molecule has 0 aromatic rings. The molecule has 0 aliphatic heterocycles. The van der Waals surface area contributed by atoms with Gasteiger partial charge in [0, 0.05) is 12.5 Å². The Hall–Kier alpha value is -0.390. The van der Waals surface area contributed by atoms with E-state index in [0.29, 0.717) is 0 Å². The van der Waals surface area contributed by atoms with Gasteiger partial charge in [-0.2, -0.15) is 22.0 Å². The van der Waals surface area contributed by atoms with Crippen LogP contribution in [0.5, 0.6) is 0 Å². The summed E-state index contributed by atoms with van der Waals surface area (Å²) in [4.78, 5) is 0. The van der Waals surface area contributed by atoms with E-state index in [0.717, 1.165) is 6.92 Å². The minimum absolute atomic E-state index is 1.10. The molecule has 0 aromatic carbocycles. The second-order valence-corrected chi connectivity index (χ2v) is 2.38. The van der Waals surface area contributed by atoms with Crippen LogP contribution in [0.3, 0.4) is 0 Å². The molecule has 0 aromatic heterocycles. The molecule has 0 rings (SSSR count). The van der Waals surface area contributed by atoms with Gasteiger partial charge in [-0.05, 0) is 6.92 Å². The van der Waals surface area contributed by atoms with Crippen LogP contribution >= 0.6 is 0 Å². The highest BCUT2D eigenvalue weighted by molar-refractivity contribution is 4.78. The lowest BCUT2D eigenvalue weighted by Gasteiger charge is -2.20. The van der Waals surface area contributed by atoms with Crippen LogP contribution in [0.4, 0.5) is 22.0 Å². The lowest BCUT2D eigenvalue weighted by atomic mass is 10.1. The fraction of sp³-hybridized carbons (Fsp3) is 1.00. The maximum atomic E-state index is 12.0. The van der Waals surface area contributed by atoms with Crippen molar-refractivity contribution in [1.29, 1.82) is 0 Å². The van der Waals surface area contributed by atoms with Crippen molar-refractivity contribution in [2.45, 2.75) is 31.5 Å². The summed E-state index contributed by atoms with van der Waals surface area (Å²) in [5.41, 5.74) is 4.80. The SMILES string of the molecule is C[C@@H](N)CC(F)(F)C(F)(F)F. The molecule has 0 spiro atoms. The Kier molecular flexibility index (Phi) is 2.82. The standard InChI is InChI=1S/C5H8F5N/c1-3(11)2-4(6,7)5(8,9)10/h3H,2,11H2,1H3/t3-/m1/s1. The van der Waals surface area contributed by atoms with Crippen LogP contribution in [0.1, 0.15) is 13.3 Å². The minimum atomic E-state index is -5.49. The molecule has 0 saturated heterocycles. The van der Waals surface area contributed by atoms with Crippen LogP contribution in [-0.4, -0.2) is 18.1 Å². The maximum Gasteiger partial charge on any atom is 0.453 e. The first-order valence-corrected chi connectivity index (χ1v) is 2.87. The van der Waals surface area contributed by atoms with Crippen molar-refractivity contribution in [2.75, 3.05) is 0 Å². The zero-order chi connectivity index (χ0) is 9.28. The average Bonchev–Trinajstić information content (AvgIpc) is 1.56. The van der Waals surface area contributed by atoms with Crippen molar-refractivity contribution in [3.63, 3.8) is 0 Å². The summed E-state index contributed by atoms with van der Waals surface area (Å²) in [5.74, 6) is -4.67. The van der Waals surface area contributed by atoms with E-state index in [2.05, 4.69) is 0 Å². The summed E-state index contributed by atoms with van der Waals surface area (Å²) in [6, 6.07) is -1.16. The van der Waals surface area contributed by atoms with Crippen molar-refractivity contribution < 1.29 is 22.0 Å². The van der Waals surface area contributed by atoms with Crippen LogP contribution < -0.4 is 5.73 Å². The molecule has 0 unspecified atom stereocenters. The van der Waals surface area contributed by atoms with Gasteiger partial charge >= 0.3 is 12.1 Å². The Morgan fingerprint density at radius 1 is 1.18 bits per heavy atom. The Morgan fingerprint density at radius 3 is 1.64 bits per heavy atom. The molecular weight excluding hydrogens is 169 g/mol. The molecule has 11 heavy (non-hydrogen) atoms. The van der Waals surface area contributed by atoms with Crippen LogP contribution in [0.2, 0.25) is 0 Å². The predicted molar refractivity (Wildman–Crippen MR) is 29.3 cm³/mol. The molecule has 0 aliphatic carbocycles. The molecule has 0 radical (unpaired) electrons. The molecule has 1 atom stereocenters. The topological polar surface area (TPSA) is 26.0 Å². The van der Waals surface area contributed by atoms with Crippen LogP contribution in [0, 0.1) is 0 Å².